The third kappa shape index (κ3) is 9430. The summed E-state index contributed by atoms with van der Waals surface area (Å²) in [4.78, 5) is 10.4. The Bertz CT molecular complexity index is 96.9. The molecule has 0 spiro atoms. The first-order valence-electron chi connectivity index (χ1n) is 3.82. The molecule has 0 fully saturated rings. The van der Waals surface area contributed by atoms with Gasteiger partial charge in [-0.05, 0) is 46.4 Å². The van der Waals surface area contributed by atoms with Crippen LogP contribution >= 0.6 is 12.2 Å². The normalized spacial score (nSPS) is 7.33. The number of carbonyl (C=O) groups excluding carboxylic acids is 1. The van der Waals surface area contributed by atoms with Crippen molar-refractivity contribution < 1.29 is 9.90 Å². The summed E-state index contributed by atoms with van der Waals surface area (Å²) in [6, 6.07) is 0. The van der Waals surface area contributed by atoms with Crippen LogP contribution < -0.4 is 0 Å². The molecule has 0 heterocycles. The van der Waals surface area contributed by atoms with Gasteiger partial charge in [0.05, 0.1) is 0 Å². The van der Waals surface area contributed by atoms with Crippen molar-refractivity contribution in [2.45, 2.75) is 47.6 Å². The van der Waals surface area contributed by atoms with Crippen LogP contribution in [0.2, 0.25) is 0 Å². The number of Topliss-reactive ketones (excluding diaryl/α,β-unsaturated/α-hetero) is 1. The monoisotopic (exact) mass is 192 g/mol. The molecule has 1 N–H and O–H groups in total. The Kier molecular flexibility index (Phi) is 19.7. The lowest BCUT2D eigenvalue weighted by molar-refractivity contribution is -0.114. The molecule has 0 aromatic heterocycles. The minimum Gasteiger partial charge on any atom is -0.394 e. The first-order chi connectivity index (χ1) is 5.20. The molecule has 3 heteroatoms. The van der Waals surface area contributed by atoms with Gasteiger partial charge in [-0.25, -0.2) is 0 Å². The van der Waals surface area contributed by atoms with Gasteiger partial charge in [-0.2, -0.15) is 0 Å². The van der Waals surface area contributed by atoms with E-state index in [-0.39, 0.29) is 11.9 Å². The molecule has 0 radical (unpaired) electrons. The maximum Gasteiger partial charge on any atom is 0.126 e. The molecule has 2 nitrogen and oxygen atoms in total. The molecular formula is C9H20O2S. The van der Waals surface area contributed by atoms with E-state index in [1.54, 1.807) is 13.8 Å². The lowest BCUT2D eigenvalue weighted by Gasteiger charge is -1.80. The van der Waals surface area contributed by atoms with Crippen molar-refractivity contribution in [3.05, 3.63) is 0 Å². The van der Waals surface area contributed by atoms with Crippen molar-refractivity contribution in [3.63, 3.8) is 0 Å². The molecule has 0 aromatic carbocycles. The predicted molar refractivity (Wildman–Crippen MR) is 57.7 cm³/mol. The van der Waals surface area contributed by atoms with Crippen LogP contribution in [-0.4, -0.2) is 21.9 Å². The van der Waals surface area contributed by atoms with Crippen LogP contribution in [0, 0.1) is 0 Å². The number of rotatable bonds is 0. The van der Waals surface area contributed by atoms with Gasteiger partial charge in [-0.1, -0.05) is 12.2 Å². The number of aliphatic hydroxyl groups is 1. The van der Waals surface area contributed by atoms with E-state index in [0.29, 0.717) is 0 Å². The Hall–Kier alpha value is -0.280. The summed E-state index contributed by atoms with van der Waals surface area (Å²) in [5.74, 6) is 0.167. The summed E-state index contributed by atoms with van der Waals surface area (Å²) in [6.07, 6.45) is -0.167. The van der Waals surface area contributed by atoms with Crippen molar-refractivity contribution in [1.29, 1.82) is 0 Å². The predicted octanol–water partition coefficient (Wildman–Crippen LogP) is 2.38. The van der Waals surface area contributed by atoms with Gasteiger partial charge in [-0.3, -0.25) is 0 Å². The number of aliphatic hydroxyl groups excluding tert-OH is 1. The fourth-order valence-corrected chi connectivity index (χ4v) is 0. The molecule has 74 valence electrons. The van der Waals surface area contributed by atoms with Gasteiger partial charge in [0.1, 0.15) is 5.78 Å². The topological polar surface area (TPSA) is 37.3 Å². The Morgan fingerprint density at radius 3 is 1.17 bits per heavy atom. The highest BCUT2D eigenvalue weighted by Crippen LogP contribution is 1.65. The van der Waals surface area contributed by atoms with E-state index in [9.17, 15) is 4.79 Å². The van der Waals surface area contributed by atoms with Crippen LogP contribution in [0.5, 0.6) is 0 Å². The van der Waals surface area contributed by atoms with Crippen molar-refractivity contribution >= 4 is 22.9 Å². The molecule has 0 unspecified atom stereocenters. The average Bonchev–Trinajstić information content (AvgIpc) is 1.54. The summed E-state index contributed by atoms with van der Waals surface area (Å²) in [5.41, 5.74) is 0. The van der Waals surface area contributed by atoms with Gasteiger partial charge in [0, 0.05) is 6.10 Å². The first-order valence-corrected chi connectivity index (χ1v) is 4.23. The Labute approximate surface area is 81.0 Å². The first kappa shape index (κ1) is 17.7. The van der Waals surface area contributed by atoms with Gasteiger partial charge in [0.2, 0.25) is 0 Å². The molecule has 0 rings (SSSR count). The zero-order chi connectivity index (χ0) is 10.7. The second-order valence-electron chi connectivity index (χ2n) is 2.91. The van der Waals surface area contributed by atoms with Gasteiger partial charge < -0.3 is 9.90 Å². The Balaban J connectivity index is -0.000000101. The molecule has 0 aliphatic rings. The minimum atomic E-state index is -0.167. The second-order valence-corrected chi connectivity index (χ2v) is 3.73. The Morgan fingerprint density at radius 1 is 1.17 bits per heavy atom. The van der Waals surface area contributed by atoms with Crippen molar-refractivity contribution in [1.82, 2.24) is 0 Å². The largest absolute Gasteiger partial charge is 0.394 e. The van der Waals surface area contributed by atoms with E-state index >= 15 is 0 Å². The number of thiocarbonyl (C=S) groups is 1. The van der Waals surface area contributed by atoms with Gasteiger partial charge in [-0.15, -0.1) is 0 Å². The molecule has 0 atom stereocenters. The molecular weight excluding hydrogens is 172 g/mol. The highest BCUT2D eigenvalue weighted by Gasteiger charge is 1.69. The summed E-state index contributed by atoms with van der Waals surface area (Å²) in [5, 5.41) is 8.06. The molecule has 0 bridgehead atoms. The third-order valence-corrected chi connectivity index (χ3v) is 0. The number of ketones is 1. The molecule has 12 heavy (non-hydrogen) atoms. The summed E-state index contributed by atoms with van der Waals surface area (Å²) >= 11 is 4.54. The summed E-state index contributed by atoms with van der Waals surface area (Å²) in [7, 11) is 0. The Morgan fingerprint density at radius 2 is 1.17 bits per heavy atom. The average molecular weight is 192 g/mol. The van der Waals surface area contributed by atoms with Crippen molar-refractivity contribution in [2.75, 3.05) is 0 Å². The van der Waals surface area contributed by atoms with Crippen LogP contribution in [-0.2, 0) is 4.79 Å². The van der Waals surface area contributed by atoms with Crippen LogP contribution in [0.4, 0.5) is 0 Å². The van der Waals surface area contributed by atoms with E-state index in [1.807, 2.05) is 13.8 Å². The highest BCUT2D eigenvalue weighted by atomic mass is 32.1. The van der Waals surface area contributed by atoms with Crippen molar-refractivity contribution in [2.24, 2.45) is 0 Å². The summed E-state index contributed by atoms with van der Waals surface area (Å²) in [6.45, 7) is 10.3. The molecule has 0 aromatic rings. The number of hydrogen-bond donors (Lipinski definition) is 1. The number of carbonyl (C=O) groups is 1. The number of hydrogen-bond acceptors (Lipinski definition) is 3. The lowest BCUT2D eigenvalue weighted by Crippen LogP contribution is -1.85. The van der Waals surface area contributed by atoms with Crippen LogP contribution in [0.3, 0.4) is 0 Å². The van der Waals surface area contributed by atoms with E-state index in [1.165, 1.54) is 13.8 Å². The minimum absolute atomic E-state index is 0.167. The van der Waals surface area contributed by atoms with Crippen molar-refractivity contribution in [3.8, 4) is 0 Å². The molecule has 0 saturated carbocycles. The second kappa shape index (κ2) is 13.3. The van der Waals surface area contributed by atoms with E-state index in [2.05, 4.69) is 12.2 Å². The molecule has 0 amide bonds. The van der Waals surface area contributed by atoms with Crippen LogP contribution in [0.1, 0.15) is 41.5 Å². The van der Waals surface area contributed by atoms with Crippen LogP contribution in [0.15, 0.2) is 0 Å². The van der Waals surface area contributed by atoms with E-state index in [0.717, 1.165) is 4.86 Å². The molecule has 0 aliphatic heterocycles. The maximum absolute atomic E-state index is 9.44. The SMILES string of the molecule is CC(C)=O.CC(C)=S.CC(C)O. The smallest absolute Gasteiger partial charge is 0.126 e. The third-order valence-electron chi connectivity index (χ3n) is 0. The molecule has 0 aliphatic carbocycles. The quantitative estimate of drug-likeness (QED) is 0.599. The zero-order valence-corrected chi connectivity index (χ0v) is 9.66. The van der Waals surface area contributed by atoms with Crippen LogP contribution in [0.25, 0.3) is 0 Å². The van der Waals surface area contributed by atoms with Gasteiger partial charge >= 0.3 is 0 Å². The summed E-state index contributed by atoms with van der Waals surface area (Å²) < 4.78 is 0. The zero-order valence-electron chi connectivity index (χ0n) is 8.84. The fraction of sp³-hybridized carbons (Fsp3) is 0.778. The maximum atomic E-state index is 9.44. The van der Waals surface area contributed by atoms with E-state index in [4.69, 9.17) is 5.11 Å². The van der Waals surface area contributed by atoms with Gasteiger partial charge in [0.25, 0.3) is 0 Å². The molecule has 0 saturated heterocycles. The fourth-order valence-electron chi connectivity index (χ4n) is 0. The highest BCUT2D eigenvalue weighted by molar-refractivity contribution is 7.80. The van der Waals surface area contributed by atoms with E-state index < -0.39 is 0 Å². The lowest BCUT2D eigenvalue weighted by atomic mass is 10.5. The standard InChI is InChI=1S/C3H8O.C3H6O.C3H6S/c3*1-3(2)4/h3-4H,1-2H3;2*1-2H3. The van der Waals surface area contributed by atoms with Gasteiger partial charge in [0.15, 0.2) is 0 Å².